The molecule has 0 unspecified atom stereocenters. The Morgan fingerprint density at radius 3 is 2.18 bits per heavy atom. The largest absolute Gasteiger partial charge is 0.483 e. The molecule has 3 aromatic rings. The minimum absolute atomic E-state index is 0.345. The zero-order chi connectivity index (χ0) is 24.0. The molecule has 4 rings (SSSR count). The van der Waals surface area contributed by atoms with Crippen molar-refractivity contribution in [3.05, 3.63) is 89.6 Å². The quantitative estimate of drug-likeness (QED) is 0.388. The Bertz CT molecular complexity index is 1060. The maximum absolute atomic E-state index is 6.75. The van der Waals surface area contributed by atoms with Crippen molar-refractivity contribution in [3.63, 3.8) is 0 Å². The molecule has 180 valence electrons. The average Bonchev–Trinajstić information content (AvgIpc) is 3.24. The van der Waals surface area contributed by atoms with E-state index in [-0.39, 0.29) is 6.10 Å². The molecule has 1 aliphatic heterocycles. The highest BCUT2D eigenvalue weighted by Crippen LogP contribution is 2.47. The van der Waals surface area contributed by atoms with E-state index < -0.39 is 11.4 Å². The maximum Gasteiger partial charge on any atom is 0.257 e. The normalized spacial score (nSPS) is 18.9. The Kier molecular flexibility index (Phi) is 7.51. The summed E-state index contributed by atoms with van der Waals surface area (Å²) in [6, 6.07) is 22.1. The summed E-state index contributed by atoms with van der Waals surface area (Å²) in [5.74, 6) is 0.258. The molecule has 6 heteroatoms. The van der Waals surface area contributed by atoms with E-state index in [9.17, 15) is 0 Å². The van der Waals surface area contributed by atoms with Gasteiger partial charge in [0.15, 0.2) is 11.5 Å². The molecule has 34 heavy (non-hydrogen) atoms. The third-order valence-corrected chi connectivity index (χ3v) is 6.14. The predicted molar refractivity (Wildman–Crippen MR) is 130 cm³/mol. The van der Waals surface area contributed by atoms with Crippen LogP contribution in [-0.2, 0) is 33.0 Å². The molecular formula is C28H33NO5. The Morgan fingerprint density at radius 2 is 1.62 bits per heavy atom. The van der Waals surface area contributed by atoms with Crippen LogP contribution in [0.1, 0.15) is 43.9 Å². The van der Waals surface area contributed by atoms with Gasteiger partial charge in [0.1, 0.15) is 18.3 Å². The van der Waals surface area contributed by atoms with Gasteiger partial charge in [0.25, 0.3) is 5.88 Å². The van der Waals surface area contributed by atoms with Gasteiger partial charge in [0.2, 0.25) is 0 Å². The molecule has 0 amide bonds. The third kappa shape index (κ3) is 5.25. The van der Waals surface area contributed by atoms with E-state index in [4.69, 9.17) is 23.7 Å². The summed E-state index contributed by atoms with van der Waals surface area (Å²) in [4.78, 5) is 4.42. The van der Waals surface area contributed by atoms with E-state index in [0.717, 1.165) is 16.7 Å². The molecule has 0 aliphatic carbocycles. The fourth-order valence-corrected chi connectivity index (χ4v) is 4.34. The minimum Gasteiger partial charge on any atom is -0.483 e. The standard InChI is InChI=1S/C28H33NO5/c1-5-28(24-20-32-27(2,3)34-24,33-19-22-14-10-7-11-15-22)23-16-17-29-26(30-4)25(23)31-18-21-12-8-6-9-13-21/h6-17,24H,5,18-20H2,1-4H3/t24-,28+/m1/s1. The molecule has 2 heterocycles. The van der Waals surface area contributed by atoms with Crippen LogP contribution in [0, 0.1) is 0 Å². The summed E-state index contributed by atoms with van der Waals surface area (Å²) in [6.07, 6.45) is 2.02. The molecule has 1 fully saturated rings. The first-order chi connectivity index (χ1) is 16.5. The minimum atomic E-state index is -0.841. The van der Waals surface area contributed by atoms with Crippen LogP contribution in [0.15, 0.2) is 72.9 Å². The molecular weight excluding hydrogens is 430 g/mol. The van der Waals surface area contributed by atoms with Crippen molar-refractivity contribution >= 4 is 0 Å². The van der Waals surface area contributed by atoms with Crippen molar-refractivity contribution in [2.45, 2.75) is 57.9 Å². The fraction of sp³-hybridized carbons (Fsp3) is 0.393. The van der Waals surface area contributed by atoms with Gasteiger partial charge in [-0.25, -0.2) is 4.98 Å². The van der Waals surface area contributed by atoms with Gasteiger partial charge in [-0.15, -0.1) is 0 Å². The second-order valence-electron chi connectivity index (χ2n) is 8.81. The van der Waals surface area contributed by atoms with Crippen LogP contribution in [0.5, 0.6) is 11.6 Å². The first-order valence-corrected chi connectivity index (χ1v) is 11.7. The lowest BCUT2D eigenvalue weighted by molar-refractivity contribution is -0.192. The summed E-state index contributed by atoms with van der Waals surface area (Å²) in [5, 5.41) is 0. The lowest BCUT2D eigenvalue weighted by atomic mass is 9.85. The van der Waals surface area contributed by atoms with Crippen LogP contribution in [0.2, 0.25) is 0 Å². The van der Waals surface area contributed by atoms with Crippen LogP contribution in [0.4, 0.5) is 0 Å². The van der Waals surface area contributed by atoms with Gasteiger partial charge >= 0.3 is 0 Å². The molecule has 0 bridgehead atoms. The molecule has 6 nitrogen and oxygen atoms in total. The van der Waals surface area contributed by atoms with Crippen LogP contribution in [0.25, 0.3) is 0 Å². The third-order valence-electron chi connectivity index (χ3n) is 6.14. The summed E-state index contributed by atoms with van der Waals surface area (Å²) in [7, 11) is 1.60. The number of hydrogen-bond acceptors (Lipinski definition) is 6. The van der Waals surface area contributed by atoms with Gasteiger partial charge in [-0.05, 0) is 37.5 Å². The number of hydrogen-bond donors (Lipinski definition) is 0. The molecule has 0 saturated carbocycles. The number of rotatable bonds is 10. The monoisotopic (exact) mass is 463 g/mol. The number of nitrogens with zero attached hydrogens (tertiary/aromatic N) is 1. The highest BCUT2D eigenvalue weighted by molar-refractivity contribution is 5.46. The van der Waals surface area contributed by atoms with E-state index in [1.807, 2.05) is 68.4 Å². The summed E-state index contributed by atoms with van der Waals surface area (Å²) in [5.41, 5.74) is 2.12. The second-order valence-corrected chi connectivity index (χ2v) is 8.81. The average molecular weight is 464 g/mol. The van der Waals surface area contributed by atoms with E-state index in [1.54, 1.807) is 13.3 Å². The topological polar surface area (TPSA) is 59.0 Å². The lowest BCUT2D eigenvalue weighted by Crippen LogP contribution is -2.44. The van der Waals surface area contributed by atoms with Crippen molar-refractivity contribution in [2.24, 2.45) is 0 Å². The number of aromatic nitrogens is 1. The molecule has 1 saturated heterocycles. The Labute approximate surface area is 201 Å². The van der Waals surface area contributed by atoms with Gasteiger partial charge in [-0.3, -0.25) is 0 Å². The first-order valence-electron chi connectivity index (χ1n) is 11.7. The van der Waals surface area contributed by atoms with Crippen molar-refractivity contribution in [1.82, 2.24) is 4.98 Å². The van der Waals surface area contributed by atoms with Crippen LogP contribution < -0.4 is 9.47 Å². The number of pyridine rings is 1. The molecule has 0 N–H and O–H groups in total. The van der Waals surface area contributed by atoms with Gasteiger partial charge in [0.05, 0.1) is 20.3 Å². The zero-order valence-electron chi connectivity index (χ0n) is 20.3. The van der Waals surface area contributed by atoms with Crippen molar-refractivity contribution in [1.29, 1.82) is 0 Å². The van der Waals surface area contributed by atoms with E-state index in [2.05, 4.69) is 24.0 Å². The van der Waals surface area contributed by atoms with Crippen molar-refractivity contribution < 1.29 is 23.7 Å². The van der Waals surface area contributed by atoms with Crippen molar-refractivity contribution in [3.8, 4) is 11.6 Å². The maximum atomic E-state index is 6.75. The molecule has 0 radical (unpaired) electrons. The van der Waals surface area contributed by atoms with Crippen LogP contribution in [0.3, 0.4) is 0 Å². The highest BCUT2D eigenvalue weighted by Gasteiger charge is 2.50. The molecule has 1 aliphatic rings. The molecule has 0 spiro atoms. The molecule has 2 aromatic carbocycles. The Hall–Kier alpha value is -2.93. The molecule has 2 atom stereocenters. The van der Waals surface area contributed by atoms with Crippen LogP contribution in [-0.4, -0.2) is 30.6 Å². The number of benzene rings is 2. The molecule has 1 aromatic heterocycles. The lowest BCUT2D eigenvalue weighted by Gasteiger charge is -2.39. The van der Waals surface area contributed by atoms with Gasteiger partial charge < -0.3 is 23.7 Å². The SMILES string of the molecule is CC[C@](OCc1ccccc1)(c1ccnc(OC)c1OCc1ccccc1)[C@H]1COC(C)(C)O1. The van der Waals surface area contributed by atoms with E-state index >= 15 is 0 Å². The Balaban J connectivity index is 1.75. The first kappa shape index (κ1) is 24.2. The fourth-order valence-electron chi connectivity index (χ4n) is 4.34. The van der Waals surface area contributed by atoms with E-state index in [0.29, 0.717) is 37.9 Å². The van der Waals surface area contributed by atoms with E-state index in [1.165, 1.54) is 0 Å². The smallest absolute Gasteiger partial charge is 0.257 e. The van der Waals surface area contributed by atoms with Crippen molar-refractivity contribution in [2.75, 3.05) is 13.7 Å². The summed E-state index contributed by atoms with van der Waals surface area (Å²) >= 11 is 0. The Morgan fingerprint density at radius 1 is 0.971 bits per heavy atom. The number of methoxy groups -OCH3 is 1. The number of ether oxygens (including phenoxy) is 5. The van der Waals surface area contributed by atoms with Gasteiger partial charge in [0, 0.05) is 11.8 Å². The van der Waals surface area contributed by atoms with Crippen LogP contribution >= 0.6 is 0 Å². The zero-order valence-corrected chi connectivity index (χ0v) is 20.3. The summed E-state index contributed by atoms with van der Waals surface area (Å²) in [6.45, 7) is 7.13. The predicted octanol–water partition coefficient (Wildman–Crippen LogP) is 5.64. The second kappa shape index (κ2) is 10.6. The van der Waals surface area contributed by atoms with Gasteiger partial charge in [-0.1, -0.05) is 67.6 Å². The highest BCUT2D eigenvalue weighted by atomic mass is 16.8. The van der Waals surface area contributed by atoms with Gasteiger partial charge in [-0.2, -0.15) is 0 Å². The summed E-state index contributed by atoms with van der Waals surface area (Å²) < 4.78 is 31.1.